The molecule has 1 amide bonds. The molecule has 0 heterocycles. The van der Waals surface area contributed by atoms with Crippen LogP contribution in [0.1, 0.15) is 41.6 Å². The van der Waals surface area contributed by atoms with Gasteiger partial charge in [-0.2, -0.15) is 0 Å². The standard InChI is InChI=1S/C15H23N3O/c1-18(10-12-6-2-3-7-12)11-13-8-4-5-9-14(13)15(19)17-16/h4-5,8-9,12H,2-3,6-7,10-11,16H2,1H3,(H,17,19). The minimum Gasteiger partial charge on any atom is -0.302 e. The first kappa shape index (κ1) is 14.0. The Kier molecular flexibility index (Phi) is 4.93. The second kappa shape index (κ2) is 6.68. The number of amides is 1. The van der Waals surface area contributed by atoms with Gasteiger partial charge in [-0.1, -0.05) is 31.0 Å². The van der Waals surface area contributed by atoms with Gasteiger partial charge < -0.3 is 4.90 Å². The van der Waals surface area contributed by atoms with Crippen molar-refractivity contribution >= 4 is 5.91 Å². The van der Waals surface area contributed by atoms with E-state index in [0.29, 0.717) is 5.56 Å². The van der Waals surface area contributed by atoms with Crippen molar-refractivity contribution in [2.45, 2.75) is 32.2 Å². The maximum Gasteiger partial charge on any atom is 0.265 e. The third-order valence-corrected chi connectivity index (χ3v) is 3.88. The van der Waals surface area contributed by atoms with Crippen LogP contribution < -0.4 is 11.3 Å². The molecule has 1 fully saturated rings. The van der Waals surface area contributed by atoms with Crippen LogP contribution in [-0.2, 0) is 6.54 Å². The molecule has 1 aliphatic carbocycles. The molecule has 1 saturated carbocycles. The van der Waals surface area contributed by atoms with E-state index in [1.807, 2.05) is 24.3 Å². The first-order valence-electron chi connectivity index (χ1n) is 6.98. The lowest BCUT2D eigenvalue weighted by atomic mass is 10.0. The van der Waals surface area contributed by atoms with Crippen LogP contribution in [0.4, 0.5) is 0 Å². The van der Waals surface area contributed by atoms with E-state index in [1.54, 1.807) is 0 Å². The summed E-state index contributed by atoms with van der Waals surface area (Å²) in [6.45, 7) is 1.90. The molecule has 19 heavy (non-hydrogen) atoms. The van der Waals surface area contributed by atoms with Crippen molar-refractivity contribution in [2.24, 2.45) is 11.8 Å². The molecule has 104 valence electrons. The van der Waals surface area contributed by atoms with Gasteiger partial charge in [0.25, 0.3) is 5.91 Å². The van der Waals surface area contributed by atoms with Crippen molar-refractivity contribution in [3.8, 4) is 0 Å². The Labute approximate surface area is 114 Å². The monoisotopic (exact) mass is 261 g/mol. The predicted octanol–water partition coefficient (Wildman–Crippen LogP) is 1.91. The van der Waals surface area contributed by atoms with Crippen LogP contribution in [0, 0.1) is 5.92 Å². The van der Waals surface area contributed by atoms with Crippen LogP contribution in [0.15, 0.2) is 24.3 Å². The van der Waals surface area contributed by atoms with Crippen LogP contribution in [0.25, 0.3) is 0 Å². The summed E-state index contributed by atoms with van der Waals surface area (Å²) in [7, 11) is 2.12. The van der Waals surface area contributed by atoms with E-state index in [-0.39, 0.29) is 5.91 Å². The Morgan fingerprint density at radius 2 is 2.05 bits per heavy atom. The van der Waals surface area contributed by atoms with Gasteiger partial charge in [0, 0.05) is 18.7 Å². The number of rotatable bonds is 5. The molecule has 0 atom stereocenters. The number of nitrogens with zero attached hydrogens (tertiary/aromatic N) is 1. The summed E-state index contributed by atoms with van der Waals surface area (Å²) in [5, 5.41) is 0. The average molecular weight is 261 g/mol. The van der Waals surface area contributed by atoms with Crippen molar-refractivity contribution in [1.82, 2.24) is 10.3 Å². The largest absolute Gasteiger partial charge is 0.302 e. The highest BCUT2D eigenvalue weighted by atomic mass is 16.2. The summed E-state index contributed by atoms with van der Waals surface area (Å²) >= 11 is 0. The first-order valence-corrected chi connectivity index (χ1v) is 6.98. The smallest absolute Gasteiger partial charge is 0.265 e. The fourth-order valence-electron chi connectivity index (χ4n) is 2.95. The number of hydrogen-bond donors (Lipinski definition) is 2. The lowest BCUT2D eigenvalue weighted by molar-refractivity contribution is 0.0951. The van der Waals surface area contributed by atoms with Gasteiger partial charge in [-0.15, -0.1) is 0 Å². The van der Waals surface area contributed by atoms with Gasteiger partial charge in [0.1, 0.15) is 0 Å². The second-order valence-corrected chi connectivity index (χ2v) is 5.48. The zero-order chi connectivity index (χ0) is 13.7. The van der Waals surface area contributed by atoms with Crippen LogP contribution in [0.3, 0.4) is 0 Å². The van der Waals surface area contributed by atoms with Gasteiger partial charge in [0.05, 0.1) is 0 Å². The maximum absolute atomic E-state index is 11.7. The summed E-state index contributed by atoms with van der Waals surface area (Å²) in [6.07, 6.45) is 5.42. The molecule has 4 heteroatoms. The van der Waals surface area contributed by atoms with Crippen molar-refractivity contribution in [2.75, 3.05) is 13.6 Å². The van der Waals surface area contributed by atoms with Crippen LogP contribution in [0.2, 0.25) is 0 Å². The second-order valence-electron chi connectivity index (χ2n) is 5.48. The number of nitrogen functional groups attached to an aromatic ring is 1. The molecule has 1 aromatic rings. The summed E-state index contributed by atoms with van der Waals surface area (Å²) in [4.78, 5) is 14.0. The topological polar surface area (TPSA) is 58.4 Å². The summed E-state index contributed by atoms with van der Waals surface area (Å²) < 4.78 is 0. The first-order chi connectivity index (χ1) is 9.20. The van der Waals surface area contributed by atoms with Gasteiger partial charge in [-0.3, -0.25) is 10.2 Å². The molecular formula is C15H23N3O. The van der Waals surface area contributed by atoms with Gasteiger partial charge in [-0.05, 0) is 37.4 Å². The van der Waals surface area contributed by atoms with Gasteiger partial charge in [0.2, 0.25) is 0 Å². The molecular weight excluding hydrogens is 238 g/mol. The minimum absolute atomic E-state index is 0.218. The zero-order valence-corrected chi connectivity index (χ0v) is 11.6. The summed E-state index contributed by atoms with van der Waals surface area (Å²) in [6, 6.07) is 7.65. The Balaban J connectivity index is 1.99. The fourth-order valence-corrected chi connectivity index (χ4v) is 2.95. The summed E-state index contributed by atoms with van der Waals surface area (Å²) in [5.74, 6) is 5.82. The number of nitrogens with two attached hydrogens (primary N) is 1. The van der Waals surface area contributed by atoms with Gasteiger partial charge in [-0.25, -0.2) is 5.84 Å². The van der Waals surface area contributed by atoms with Crippen molar-refractivity contribution < 1.29 is 4.79 Å². The Hall–Kier alpha value is -1.39. The third-order valence-electron chi connectivity index (χ3n) is 3.88. The van der Waals surface area contributed by atoms with E-state index < -0.39 is 0 Å². The van der Waals surface area contributed by atoms with Crippen LogP contribution in [-0.4, -0.2) is 24.4 Å². The highest BCUT2D eigenvalue weighted by Crippen LogP contribution is 2.25. The highest BCUT2D eigenvalue weighted by Gasteiger charge is 2.18. The molecule has 3 N–H and O–H groups in total. The molecule has 2 rings (SSSR count). The number of nitrogens with one attached hydrogen (secondary N) is 1. The normalized spacial score (nSPS) is 15.9. The number of benzene rings is 1. The third kappa shape index (κ3) is 3.78. The number of carbonyl (C=O) groups excluding carboxylic acids is 1. The van der Waals surface area contributed by atoms with E-state index >= 15 is 0 Å². The molecule has 0 spiro atoms. The maximum atomic E-state index is 11.7. The lowest BCUT2D eigenvalue weighted by Gasteiger charge is -2.21. The SMILES string of the molecule is CN(Cc1ccccc1C(=O)NN)CC1CCCC1. The van der Waals surface area contributed by atoms with Gasteiger partial charge >= 0.3 is 0 Å². The van der Waals surface area contributed by atoms with E-state index in [1.165, 1.54) is 25.7 Å². The Morgan fingerprint density at radius 3 is 2.74 bits per heavy atom. The minimum atomic E-state index is -0.218. The quantitative estimate of drug-likeness (QED) is 0.483. The van der Waals surface area contributed by atoms with E-state index in [2.05, 4.69) is 17.4 Å². The fraction of sp³-hybridized carbons (Fsp3) is 0.533. The van der Waals surface area contributed by atoms with Crippen LogP contribution >= 0.6 is 0 Å². The van der Waals surface area contributed by atoms with Gasteiger partial charge in [0.15, 0.2) is 0 Å². The zero-order valence-electron chi connectivity index (χ0n) is 11.6. The summed E-state index contributed by atoms with van der Waals surface area (Å²) in [5.41, 5.74) is 3.91. The number of carbonyl (C=O) groups is 1. The highest BCUT2D eigenvalue weighted by molar-refractivity contribution is 5.95. The number of hydrogen-bond acceptors (Lipinski definition) is 3. The van der Waals surface area contributed by atoms with Crippen molar-refractivity contribution in [1.29, 1.82) is 0 Å². The molecule has 0 bridgehead atoms. The molecule has 0 radical (unpaired) electrons. The van der Waals surface area contributed by atoms with Crippen molar-refractivity contribution in [3.63, 3.8) is 0 Å². The van der Waals surface area contributed by atoms with Crippen LogP contribution in [0.5, 0.6) is 0 Å². The molecule has 1 aliphatic rings. The number of hydrazine groups is 1. The average Bonchev–Trinajstić information content (AvgIpc) is 2.91. The predicted molar refractivity (Wildman–Crippen MR) is 76.4 cm³/mol. The molecule has 0 unspecified atom stereocenters. The molecule has 0 saturated heterocycles. The molecule has 0 aromatic heterocycles. The molecule has 4 nitrogen and oxygen atoms in total. The molecule has 0 aliphatic heterocycles. The molecule has 1 aromatic carbocycles. The Bertz CT molecular complexity index is 427. The van der Waals surface area contributed by atoms with E-state index in [0.717, 1.165) is 24.6 Å². The van der Waals surface area contributed by atoms with E-state index in [4.69, 9.17) is 5.84 Å². The lowest BCUT2D eigenvalue weighted by Crippen LogP contribution is -2.32. The van der Waals surface area contributed by atoms with E-state index in [9.17, 15) is 4.79 Å². The Morgan fingerprint density at radius 1 is 1.37 bits per heavy atom. The van der Waals surface area contributed by atoms with Crippen molar-refractivity contribution in [3.05, 3.63) is 35.4 Å².